The van der Waals surface area contributed by atoms with Crippen LogP contribution in [0.1, 0.15) is 38.8 Å². The van der Waals surface area contributed by atoms with Gasteiger partial charge >= 0.3 is 0 Å². The van der Waals surface area contributed by atoms with Gasteiger partial charge in [0, 0.05) is 30.5 Å². The molecule has 0 aliphatic heterocycles. The van der Waals surface area contributed by atoms with Crippen LogP contribution in [0.25, 0.3) is 0 Å². The molecule has 4 rings (SSSR count). The van der Waals surface area contributed by atoms with E-state index in [1.54, 1.807) is 23.1 Å². The van der Waals surface area contributed by atoms with Gasteiger partial charge in [0.15, 0.2) is 9.47 Å². The summed E-state index contributed by atoms with van der Waals surface area (Å²) in [4.78, 5) is 32.0. The van der Waals surface area contributed by atoms with E-state index in [0.717, 1.165) is 22.9 Å². The Kier molecular flexibility index (Phi) is 6.63. The van der Waals surface area contributed by atoms with Gasteiger partial charge in [-0.15, -0.1) is 21.5 Å². The number of nitrogens with zero attached hydrogens (tertiary/aromatic N) is 5. The average Bonchev–Trinajstić information content (AvgIpc) is 3.28. The van der Waals surface area contributed by atoms with Crippen LogP contribution < -0.4 is 9.80 Å². The van der Waals surface area contributed by atoms with Crippen molar-refractivity contribution >= 4 is 62.2 Å². The monoisotopic (exact) mass is 477 g/mol. The predicted octanol–water partition coefficient (Wildman–Crippen LogP) is 5.02. The van der Waals surface area contributed by atoms with Crippen molar-refractivity contribution in [2.75, 3.05) is 9.80 Å². The van der Waals surface area contributed by atoms with Crippen LogP contribution in [0.5, 0.6) is 0 Å². The number of para-hydroxylation sites is 1. The van der Waals surface area contributed by atoms with E-state index in [1.165, 1.54) is 52.3 Å². The molecule has 0 radical (unpaired) electrons. The number of rotatable bonds is 8. The zero-order valence-corrected chi connectivity index (χ0v) is 19.4. The first-order valence-corrected chi connectivity index (χ1v) is 12.4. The SMILES string of the molecule is CCC(=O)N(c1nnc(SCc2csc(N(C(C)=O)c3ccccc3F)n2)s1)C1CC1. The fourth-order valence-electron chi connectivity index (χ4n) is 2.97. The van der Waals surface area contributed by atoms with E-state index in [2.05, 4.69) is 15.2 Å². The smallest absolute Gasteiger partial charge is 0.230 e. The fourth-order valence-corrected chi connectivity index (χ4v) is 5.78. The minimum atomic E-state index is -0.480. The molecule has 1 fully saturated rings. The van der Waals surface area contributed by atoms with Gasteiger partial charge in [-0.3, -0.25) is 19.4 Å². The molecule has 0 spiro atoms. The fraction of sp³-hybridized carbons (Fsp3) is 0.350. The summed E-state index contributed by atoms with van der Waals surface area (Å²) in [7, 11) is 0. The van der Waals surface area contributed by atoms with Crippen LogP contribution in [-0.2, 0) is 15.3 Å². The van der Waals surface area contributed by atoms with E-state index in [9.17, 15) is 14.0 Å². The van der Waals surface area contributed by atoms with Gasteiger partial charge in [-0.05, 0) is 25.0 Å². The lowest BCUT2D eigenvalue weighted by Crippen LogP contribution is -2.32. The number of amides is 2. The zero-order chi connectivity index (χ0) is 22.0. The molecule has 1 saturated carbocycles. The molecule has 0 atom stereocenters. The highest BCUT2D eigenvalue weighted by Gasteiger charge is 2.35. The summed E-state index contributed by atoms with van der Waals surface area (Å²) in [5.74, 6) is -0.198. The first-order valence-electron chi connectivity index (χ1n) is 9.76. The van der Waals surface area contributed by atoms with Gasteiger partial charge in [-0.1, -0.05) is 42.2 Å². The Morgan fingerprint density at radius 3 is 2.68 bits per heavy atom. The Hall–Kier alpha value is -2.37. The standard InChI is InChI=1S/C20H20FN5O2S3/c1-3-17(28)26(14-8-9-14)19-23-24-20(31-19)30-11-13-10-29-18(22-13)25(12(2)27)16-7-5-4-6-15(16)21/h4-7,10,14H,3,8-9,11H2,1-2H3. The quantitative estimate of drug-likeness (QED) is 0.335. The highest BCUT2D eigenvalue weighted by atomic mass is 32.2. The highest BCUT2D eigenvalue weighted by molar-refractivity contribution is 8.00. The Labute approximate surface area is 191 Å². The van der Waals surface area contributed by atoms with Crippen LogP contribution in [0.15, 0.2) is 34.0 Å². The third kappa shape index (κ3) is 4.94. The molecule has 1 aromatic carbocycles. The summed E-state index contributed by atoms with van der Waals surface area (Å²) in [6, 6.07) is 6.38. The molecule has 0 N–H and O–H groups in total. The van der Waals surface area contributed by atoms with Crippen molar-refractivity contribution in [3.05, 3.63) is 41.2 Å². The molecular weight excluding hydrogens is 457 g/mol. The summed E-state index contributed by atoms with van der Waals surface area (Å²) in [6.07, 6.45) is 2.45. The van der Waals surface area contributed by atoms with E-state index in [0.29, 0.717) is 22.4 Å². The second-order valence-electron chi connectivity index (χ2n) is 6.91. The van der Waals surface area contributed by atoms with Gasteiger partial charge in [-0.25, -0.2) is 9.37 Å². The minimum Gasteiger partial charge on any atom is -0.284 e. The topological polar surface area (TPSA) is 79.3 Å². The van der Waals surface area contributed by atoms with Gasteiger partial charge in [0.1, 0.15) is 5.82 Å². The third-order valence-corrected chi connectivity index (χ3v) is 7.53. The normalized spacial score (nSPS) is 13.3. The third-order valence-electron chi connectivity index (χ3n) is 4.57. The van der Waals surface area contributed by atoms with Crippen LogP contribution in [0.3, 0.4) is 0 Å². The molecule has 0 unspecified atom stereocenters. The van der Waals surface area contributed by atoms with Crippen molar-refractivity contribution in [3.63, 3.8) is 0 Å². The molecule has 2 amide bonds. The van der Waals surface area contributed by atoms with Crippen molar-refractivity contribution < 1.29 is 14.0 Å². The Bertz CT molecular complexity index is 1100. The number of thioether (sulfide) groups is 1. The van der Waals surface area contributed by atoms with Crippen LogP contribution in [0, 0.1) is 5.82 Å². The second kappa shape index (κ2) is 9.41. The molecule has 2 aromatic heterocycles. The molecule has 31 heavy (non-hydrogen) atoms. The summed E-state index contributed by atoms with van der Waals surface area (Å²) >= 11 is 4.15. The van der Waals surface area contributed by atoms with E-state index in [1.807, 2.05) is 12.3 Å². The van der Waals surface area contributed by atoms with E-state index in [-0.39, 0.29) is 23.5 Å². The predicted molar refractivity (Wildman–Crippen MR) is 122 cm³/mol. The number of benzene rings is 1. The molecule has 3 aromatic rings. The molecule has 2 heterocycles. The summed E-state index contributed by atoms with van der Waals surface area (Å²) < 4.78 is 15.0. The van der Waals surface area contributed by atoms with Gasteiger partial charge in [-0.2, -0.15) is 0 Å². The van der Waals surface area contributed by atoms with Crippen LogP contribution in [0.4, 0.5) is 20.3 Å². The van der Waals surface area contributed by atoms with Gasteiger partial charge in [0.25, 0.3) is 0 Å². The van der Waals surface area contributed by atoms with Crippen LogP contribution >= 0.6 is 34.4 Å². The molecule has 7 nitrogen and oxygen atoms in total. The molecule has 0 bridgehead atoms. The lowest BCUT2D eigenvalue weighted by molar-refractivity contribution is -0.118. The Morgan fingerprint density at radius 2 is 2.00 bits per heavy atom. The number of carbonyl (C=O) groups excluding carboxylic acids is 2. The number of anilines is 3. The number of hydrogen-bond donors (Lipinski definition) is 0. The zero-order valence-electron chi connectivity index (χ0n) is 16.9. The molecule has 11 heteroatoms. The van der Waals surface area contributed by atoms with Crippen LogP contribution in [-0.4, -0.2) is 33.0 Å². The Morgan fingerprint density at radius 1 is 1.23 bits per heavy atom. The maximum Gasteiger partial charge on any atom is 0.230 e. The second-order valence-corrected chi connectivity index (χ2v) is 9.93. The molecule has 1 aliphatic rings. The van der Waals surface area contributed by atoms with Crippen molar-refractivity contribution in [1.29, 1.82) is 0 Å². The van der Waals surface area contributed by atoms with Gasteiger partial charge < -0.3 is 0 Å². The maximum absolute atomic E-state index is 14.2. The highest BCUT2D eigenvalue weighted by Crippen LogP contribution is 2.37. The van der Waals surface area contributed by atoms with Crippen molar-refractivity contribution in [2.24, 2.45) is 0 Å². The number of halogens is 1. The minimum absolute atomic E-state index is 0.0665. The maximum atomic E-state index is 14.2. The average molecular weight is 478 g/mol. The summed E-state index contributed by atoms with van der Waals surface area (Å²) in [5.41, 5.74) is 0.936. The number of carbonyl (C=O) groups is 2. The van der Waals surface area contributed by atoms with Gasteiger partial charge in [0.05, 0.1) is 11.4 Å². The molecule has 0 saturated heterocycles. The molecular formula is C20H20FN5O2S3. The van der Waals surface area contributed by atoms with E-state index >= 15 is 0 Å². The summed E-state index contributed by atoms with van der Waals surface area (Å²) in [5, 5.41) is 11.3. The van der Waals surface area contributed by atoms with Crippen molar-refractivity contribution in [2.45, 2.75) is 49.2 Å². The summed E-state index contributed by atoms with van der Waals surface area (Å²) in [6.45, 7) is 3.23. The van der Waals surface area contributed by atoms with Crippen molar-refractivity contribution in [1.82, 2.24) is 15.2 Å². The van der Waals surface area contributed by atoms with Crippen LogP contribution in [0.2, 0.25) is 0 Å². The first kappa shape index (κ1) is 21.8. The van der Waals surface area contributed by atoms with E-state index in [4.69, 9.17) is 0 Å². The van der Waals surface area contributed by atoms with E-state index < -0.39 is 5.82 Å². The first-order chi connectivity index (χ1) is 15.0. The lowest BCUT2D eigenvalue weighted by Gasteiger charge is -2.18. The number of thiazole rings is 1. The largest absolute Gasteiger partial charge is 0.284 e. The van der Waals surface area contributed by atoms with Gasteiger partial charge in [0.2, 0.25) is 16.9 Å². The molecule has 162 valence electrons. The molecule has 1 aliphatic carbocycles. The lowest BCUT2D eigenvalue weighted by atomic mass is 10.3. The number of aromatic nitrogens is 3. The Balaban J connectivity index is 1.45. The number of hydrogen-bond acceptors (Lipinski definition) is 8. The van der Waals surface area contributed by atoms with Crippen molar-refractivity contribution in [3.8, 4) is 0 Å².